The van der Waals surface area contributed by atoms with Crippen LogP contribution in [0.25, 0.3) is 0 Å². The number of ether oxygens (including phenoxy) is 1. The smallest absolute Gasteiger partial charge is 0.330 e. The lowest BCUT2D eigenvalue weighted by Gasteiger charge is -2.19. The molecular formula is C28H33N5O5. The van der Waals surface area contributed by atoms with Crippen molar-refractivity contribution in [2.75, 3.05) is 25.5 Å². The number of hydrogen-bond donors (Lipinski definition) is 4. The number of amides is 2. The second-order valence-corrected chi connectivity index (χ2v) is 8.92. The molecule has 1 atom stereocenters. The van der Waals surface area contributed by atoms with Gasteiger partial charge in [0, 0.05) is 18.7 Å². The zero-order valence-electron chi connectivity index (χ0n) is 22.0. The fourth-order valence-electron chi connectivity index (χ4n) is 3.98. The van der Waals surface area contributed by atoms with Crippen molar-refractivity contribution in [3.8, 4) is 5.75 Å². The zero-order chi connectivity index (χ0) is 27.7. The lowest BCUT2D eigenvalue weighted by molar-refractivity contribution is -0.142. The number of carbonyl (C=O) groups is 3. The first-order chi connectivity index (χ1) is 18.2. The van der Waals surface area contributed by atoms with Crippen LogP contribution in [0.1, 0.15) is 49.7 Å². The van der Waals surface area contributed by atoms with Gasteiger partial charge < -0.3 is 25.8 Å². The summed E-state index contributed by atoms with van der Waals surface area (Å²) in [5.41, 5.74) is 3.54. The lowest BCUT2D eigenvalue weighted by atomic mass is 10.1. The summed E-state index contributed by atoms with van der Waals surface area (Å²) in [6, 6.07) is 13.1. The van der Waals surface area contributed by atoms with Gasteiger partial charge in [-0.2, -0.15) is 0 Å². The van der Waals surface area contributed by atoms with Crippen LogP contribution in [0, 0.1) is 20.8 Å². The van der Waals surface area contributed by atoms with E-state index in [0.717, 1.165) is 24.0 Å². The van der Waals surface area contributed by atoms with Crippen LogP contribution in [-0.4, -0.2) is 59.1 Å². The van der Waals surface area contributed by atoms with Crippen molar-refractivity contribution in [3.05, 3.63) is 82.2 Å². The molecule has 10 heteroatoms. The highest BCUT2D eigenvalue weighted by Crippen LogP contribution is 2.15. The predicted molar refractivity (Wildman–Crippen MR) is 143 cm³/mol. The van der Waals surface area contributed by atoms with Crippen molar-refractivity contribution < 1.29 is 24.2 Å². The van der Waals surface area contributed by atoms with Gasteiger partial charge in [-0.25, -0.2) is 14.8 Å². The van der Waals surface area contributed by atoms with Crippen LogP contribution in [0.4, 0.5) is 5.95 Å². The van der Waals surface area contributed by atoms with Gasteiger partial charge in [0.05, 0.1) is 24.1 Å². The van der Waals surface area contributed by atoms with Crippen LogP contribution in [0.2, 0.25) is 0 Å². The first-order valence-electron chi connectivity index (χ1n) is 12.3. The summed E-state index contributed by atoms with van der Waals surface area (Å²) in [6.45, 7) is 5.70. The molecule has 1 heterocycles. The highest BCUT2D eigenvalue weighted by Gasteiger charge is 2.25. The Labute approximate surface area is 221 Å². The van der Waals surface area contributed by atoms with Crippen LogP contribution in [-0.2, 0) is 16.0 Å². The Bertz CT molecular complexity index is 1290. The summed E-state index contributed by atoms with van der Waals surface area (Å²) < 4.78 is 4.82. The molecule has 2 amide bonds. The van der Waals surface area contributed by atoms with Gasteiger partial charge in [0.25, 0.3) is 11.8 Å². The molecule has 1 aromatic heterocycles. The molecule has 0 spiro atoms. The predicted octanol–water partition coefficient (Wildman–Crippen LogP) is 2.85. The molecule has 0 radical (unpaired) electrons. The number of phenols is 1. The molecule has 4 N–H and O–H groups in total. The Hall–Kier alpha value is -4.47. The third-order valence-electron chi connectivity index (χ3n) is 5.87. The molecule has 38 heavy (non-hydrogen) atoms. The quantitative estimate of drug-likeness (QED) is 0.224. The fourth-order valence-corrected chi connectivity index (χ4v) is 3.98. The van der Waals surface area contributed by atoms with Gasteiger partial charge in [-0.15, -0.1) is 0 Å². The van der Waals surface area contributed by atoms with E-state index in [1.807, 2.05) is 19.1 Å². The van der Waals surface area contributed by atoms with E-state index in [0.29, 0.717) is 29.4 Å². The number of rotatable bonds is 11. The fraction of sp³-hybridized carbons (Fsp3) is 0.321. The second kappa shape index (κ2) is 13.2. The van der Waals surface area contributed by atoms with Crippen molar-refractivity contribution in [2.45, 2.75) is 39.7 Å². The molecule has 0 aliphatic carbocycles. The van der Waals surface area contributed by atoms with Crippen molar-refractivity contribution in [2.24, 2.45) is 0 Å². The standard InChI is InChI=1S/C28H33N5O5/c1-17-8-5-11-21(14-17)25(35)30-16-23(27(37)38-4)33-26(36)24-18(2)31-28(32-19(24)3)29-13-7-10-20-9-6-12-22(34)15-20/h5-6,8-9,11-12,14-15,23,34H,7,10,13,16H2,1-4H3,(H,30,35)(H,33,36)(H,29,31,32). The summed E-state index contributed by atoms with van der Waals surface area (Å²) in [5.74, 6) is -0.976. The second-order valence-electron chi connectivity index (χ2n) is 8.92. The summed E-state index contributed by atoms with van der Waals surface area (Å²) in [5, 5.41) is 18.0. The number of anilines is 1. The van der Waals surface area contributed by atoms with Gasteiger partial charge >= 0.3 is 5.97 Å². The first-order valence-corrected chi connectivity index (χ1v) is 12.3. The maximum absolute atomic E-state index is 13.1. The number of nitrogens with one attached hydrogen (secondary N) is 3. The number of benzene rings is 2. The zero-order valence-corrected chi connectivity index (χ0v) is 22.0. The third kappa shape index (κ3) is 7.76. The number of hydrogen-bond acceptors (Lipinski definition) is 8. The van der Waals surface area contributed by atoms with Crippen molar-refractivity contribution >= 4 is 23.7 Å². The normalized spacial score (nSPS) is 11.4. The Balaban J connectivity index is 1.60. The number of carbonyl (C=O) groups excluding carboxylic acids is 3. The summed E-state index contributed by atoms with van der Waals surface area (Å²) in [6.07, 6.45) is 1.57. The molecule has 0 aliphatic heterocycles. The van der Waals surface area contributed by atoms with Crippen LogP contribution in [0.3, 0.4) is 0 Å². The molecule has 2 aromatic carbocycles. The molecule has 1 unspecified atom stereocenters. The summed E-state index contributed by atoms with van der Waals surface area (Å²) >= 11 is 0. The van der Waals surface area contributed by atoms with Crippen LogP contribution in [0.15, 0.2) is 48.5 Å². The van der Waals surface area contributed by atoms with Gasteiger partial charge in [0.2, 0.25) is 5.95 Å². The van der Waals surface area contributed by atoms with Gasteiger partial charge in [-0.1, -0.05) is 29.8 Å². The number of esters is 1. The van der Waals surface area contributed by atoms with E-state index in [9.17, 15) is 19.5 Å². The van der Waals surface area contributed by atoms with Crippen molar-refractivity contribution in [3.63, 3.8) is 0 Å². The minimum absolute atomic E-state index is 0.150. The third-order valence-corrected chi connectivity index (χ3v) is 5.87. The van der Waals surface area contributed by atoms with E-state index in [1.165, 1.54) is 7.11 Å². The van der Waals surface area contributed by atoms with E-state index in [1.54, 1.807) is 50.2 Å². The van der Waals surface area contributed by atoms with Gasteiger partial charge in [-0.05, 0) is 63.4 Å². The number of nitrogens with zero attached hydrogens (tertiary/aromatic N) is 2. The van der Waals surface area contributed by atoms with E-state index < -0.39 is 17.9 Å². The molecule has 0 bridgehead atoms. The van der Waals surface area contributed by atoms with E-state index in [2.05, 4.69) is 25.9 Å². The molecule has 0 fully saturated rings. The number of aromatic hydroxyl groups is 1. The molecule has 3 aromatic rings. The van der Waals surface area contributed by atoms with Gasteiger partial charge in [-0.3, -0.25) is 9.59 Å². The van der Waals surface area contributed by atoms with Crippen LogP contribution < -0.4 is 16.0 Å². The van der Waals surface area contributed by atoms with Gasteiger partial charge in [0.1, 0.15) is 11.8 Å². The molecule has 3 rings (SSSR count). The average molecular weight is 520 g/mol. The Kier molecular flexibility index (Phi) is 9.75. The Morgan fingerprint density at radius 3 is 2.34 bits per heavy atom. The number of methoxy groups -OCH3 is 1. The largest absolute Gasteiger partial charge is 0.508 e. The maximum atomic E-state index is 13.1. The topological polar surface area (TPSA) is 143 Å². The summed E-state index contributed by atoms with van der Waals surface area (Å²) in [7, 11) is 1.21. The number of aryl methyl sites for hydroxylation is 4. The molecule has 10 nitrogen and oxygen atoms in total. The van der Waals surface area contributed by atoms with Crippen molar-refractivity contribution in [1.82, 2.24) is 20.6 Å². The van der Waals surface area contributed by atoms with Crippen LogP contribution in [0.5, 0.6) is 5.75 Å². The molecule has 0 saturated heterocycles. The highest BCUT2D eigenvalue weighted by molar-refractivity contribution is 5.99. The van der Waals surface area contributed by atoms with E-state index in [-0.39, 0.29) is 23.8 Å². The number of phenolic OH excluding ortho intramolecular Hbond substituents is 1. The molecular weight excluding hydrogens is 486 g/mol. The van der Waals surface area contributed by atoms with Gasteiger partial charge in [0.15, 0.2) is 0 Å². The number of aromatic nitrogens is 2. The molecule has 200 valence electrons. The van der Waals surface area contributed by atoms with Crippen molar-refractivity contribution in [1.29, 1.82) is 0 Å². The lowest BCUT2D eigenvalue weighted by Crippen LogP contribution is -2.49. The maximum Gasteiger partial charge on any atom is 0.330 e. The van der Waals surface area contributed by atoms with E-state index >= 15 is 0 Å². The SMILES string of the molecule is COC(=O)C(CNC(=O)c1cccc(C)c1)NC(=O)c1c(C)nc(NCCCc2cccc(O)c2)nc1C. The molecule has 0 aliphatic rings. The average Bonchev–Trinajstić information content (AvgIpc) is 2.88. The first kappa shape index (κ1) is 28.1. The Morgan fingerprint density at radius 1 is 0.974 bits per heavy atom. The molecule has 0 saturated carbocycles. The highest BCUT2D eigenvalue weighted by atomic mass is 16.5. The Morgan fingerprint density at radius 2 is 1.68 bits per heavy atom. The van der Waals surface area contributed by atoms with Crippen LogP contribution >= 0.6 is 0 Å². The minimum Gasteiger partial charge on any atom is -0.508 e. The monoisotopic (exact) mass is 519 g/mol. The summed E-state index contributed by atoms with van der Waals surface area (Å²) in [4.78, 5) is 46.7. The van der Waals surface area contributed by atoms with E-state index in [4.69, 9.17) is 4.74 Å². The minimum atomic E-state index is -1.10.